The van der Waals surface area contributed by atoms with Crippen molar-refractivity contribution in [3.63, 3.8) is 0 Å². The number of hydrogen-bond acceptors (Lipinski definition) is 7. The van der Waals surface area contributed by atoms with Crippen molar-refractivity contribution in [2.45, 2.75) is 20.8 Å². The first-order valence-electron chi connectivity index (χ1n) is 6.64. The van der Waals surface area contributed by atoms with E-state index in [-0.39, 0.29) is 16.9 Å². The molecule has 0 atom stereocenters. The third-order valence-electron chi connectivity index (χ3n) is 2.96. The number of nitrogens with zero attached hydrogens (tertiary/aromatic N) is 1. The molecule has 1 aromatic carbocycles. The SMILES string of the molecule is COC(=O)c1cc(C(=O)OCC(=O)C(C)(C)C)cc([N+](=O)[O-])c1. The number of rotatable bonds is 5. The predicted octanol–water partition coefficient (Wildman–Crippen LogP) is 2.15. The number of ether oxygens (including phenoxy) is 2. The van der Waals surface area contributed by atoms with Crippen LogP contribution in [0.25, 0.3) is 0 Å². The first-order valence-corrected chi connectivity index (χ1v) is 6.64. The molecule has 8 nitrogen and oxygen atoms in total. The largest absolute Gasteiger partial charge is 0.465 e. The summed E-state index contributed by atoms with van der Waals surface area (Å²) in [6, 6.07) is 3.07. The number of non-ortho nitro benzene ring substituents is 1. The average Bonchev–Trinajstić information content (AvgIpc) is 2.49. The third-order valence-corrected chi connectivity index (χ3v) is 2.96. The van der Waals surface area contributed by atoms with E-state index in [2.05, 4.69) is 4.74 Å². The third kappa shape index (κ3) is 4.87. The van der Waals surface area contributed by atoms with Crippen LogP contribution in [0.3, 0.4) is 0 Å². The number of ketones is 1. The van der Waals surface area contributed by atoms with Gasteiger partial charge >= 0.3 is 11.9 Å². The first kappa shape index (κ1) is 18.3. The van der Waals surface area contributed by atoms with Crippen molar-refractivity contribution in [1.29, 1.82) is 0 Å². The van der Waals surface area contributed by atoms with E-state index in [1.54, 1.807) is 20.8 Å². The van der Waals surface area contributed by atoms with Crippen LogP contribution >= 0.6 is 0 Å². The highest BCUT2D eigenvalue weighted by atomic mass is 16.6. The maximum atomic E-state index is 12.0. The van der Waals surface area contributed by atoms with E-state index < -0.39 is 34.6 Å². The highest BCUT2D eigenvalue weighted by molar-refractivity contribution is 5.97. The lowest BCUT2D eigenvalue weighted by molar-refractivity contribution is -0.384. The molecule has 23 heavy (non-hydrogen) atoms. The van der Waals surface area contributed by atoms with E-state index in [4.69, 9.17) is 4.74 Å². The summed E-state index contributed by atoms with van der Waals surface area (Å²) in [5.74, 6) is -2.06. The van der Waals surface area contributed by atoms with Gasteiger partial charge in [-0.3, -0.25) is 14.9 Å². The Hall–Kier alpha value is -2.77. The predicted molar refractivity (Wildman–Crippen MR) is 79.2 cm³/mol. The van der Waals surface area contributed by atoms with Gasteiger partial charge in [0.15, 0.2) is 12.4 Å². The van der Waals surface area contributed by atoms with Gasteiger partial charge in [-0.1, -0.05) is 20.8 Å². The minimum atomic E-state index is -0.934. The molecule has 0 aliphatic heterocycles. The van der Waals surface area contributed by atoms with Gasteiger partial charge in [-0.2, -0.15) is 0 Å². The molecular weight excluding hydrogens is 306 g/mol. The molecule has 0 spiro atoms. The molecule has 0 fully saturated rings. The average molecular weight is 323 g/mol. The summed E-state index contributed by atoms with van der Waals surface area (Å²) in [4.78, 5) is 45.3. The Morgan fingerprint density at radius 2 is 1.61 bits per heavy atom. The van der Waals surface area contributed by atoms with Gasteiger partial charge in [-0.05, 0) is 6.07 Å². The molecule has 0 unspecified atom stereocenters. The molecule has 0 amide bonds. The van der Waals surface area contributed by atoms with Gasteiger partial charge in [0, 0.05) is 17.5 Å². The molecule has 1 rings (SSSR count). The van der Waals surface area contributed by atoms with Gasteiger partial charge in [0.1, 0.15) is 0 Å². The second kappa shape index (κ2) is 6.99. The number of methoxy groups -OCH3 is 1. The Kier molecular flexibility index (Phi) is 5.56. The Bertz CT molecular complexity index is 658. The summed E-state index contributed by atoms with van der Waals surface area (Å²) < 4.78 is 9.34. The zero-order chi connectivity index (χ0) is 17.8. The number of hydrogen-bond donors (Lipinski definition) is 0. The quantitative estimate of drug-likeness (QED) is 0.463. The zero-order valence-electron chi connectivity index (χ0n) is 13.2. The van der Waals surface area contributed by atoms with Crippen LogP contribution in [-0.4, -0.2) is 36.4 Å². The van der Waals surface area contributed by atoms with E-state index in [1.165, 1.54) is 0 Å². The maximum absolute atomic E-state index is 12.0. The molecule has 124 valence electrons. The molecule has 0 saturated carbocycles. The number of carbonyl (C=O) groups excluding carboxylic acids is 3. The Balaban J connectivity index is 3.04. The minimum Gasteiger partial charge on any atom is -0.465 e. The summed E-state index contributed by atoms with van der Waals surface area (Å²) in [6.45, 7) is 4.56. The lowest BCUT2D eigenvalue weighted by Crippen LogP contribution is -2.26. The molecule has 0 radical (unpaired) electrons. The molecular formula is C15H17NO7. The van der Waals surface area contributed by atoms with Gasteiger partial charge in [-0.25, -0.2) is 9.59 Å². The number of nitro benzene ring substituents is 1. The first-order chi connectivity index (χ1) is 10.6. The lowest BCUT2D eigenvalue weighted by atomic mass is 9.91. The van der Waals surface area contributed by atoms with Gasteiger partial charge in [0.25, 0.3) is 5.69 Å². The van der Waals surface area contributed by atoms with Gasteiger partial charge < -0.3 is 9.47 Å². The van der Waals surface area contributed by atoms with Gasteiger partial charge in [0.2, 0.25) is 0 Å². The fourth-order valence-corrected chi connectivity index (χ4v) is 1.50. The van der Waals surface area contributed by atoms with E-state index in [0.717, 1.165) is 25.3 Å². The Labute approximate surface area is 132 Å². The van der Waals surface area contributed by atoms with Crippen LogP contribution in [0, 0.1) is 15.5 Å². The number of benzene rings is 1. The van der Waals surface area contributed by atoms with Crippen molar-refractivity contribution < 1.29 is 28.8 Å². The zero-order valence-corrected chi connectivity index (χ0v) is 13.2. The van der Waals surface area contributed by atoms with Gasteiger partial charge in [-0.15, -0.1) is 0 Å². The second-order valence-corrected chi connectivity index (χ2v) is 5.77. The molecule has 0 heterocycles. The number of esters is 2. The summed E-state index contributed by atoms with van der Waals surface area (Å²) in [5.41, 5.74) is -1.50. The standard InChI is InChI=1S/C15H17NO7/c1-15(2,3)12(17)8-23-14(19)10-5-9(13(18)22-4)6-11(7-10)16(20)21/h5-7H,8H2,1-4H3. The topological polar surface area (TPSA) is 113 Å². The van der Waals surface area contributed by atoms with Crippen LogP contribution in [0.1, 0.15) is 41.5 Å². The fourth-order valence-electron chi connectivity index (χ4n) is 1.50. The van der Waals surface area contributed by atoms with Crippen molar-refractivity contribution in [2.75, 3.05) is 13.7 Å². The molecule has 0 aliphatic carbocycles. The molecule has 0 bridgehead atoms. The van der Waals surface area contributed by atoms with Crippen molar-refractivity contribution >= 4 is 23.4 Å². The van der Waals surface area contributed by atoms with Crippen molar-refractivity contribution in [3.05, 3.63) is 39.4 Å². The van der Waals surface area contributed by atoms with Crippen LogP contribution < -0.4 is 0 Å². The van der Waals surface area contributed by atoms with Crippen molar-refractivity contribution in [3.8, 4) is 0 Å². The second-order valence-electron chi connectivity index (χ2n) is 5.77. The van der Waals surface area contributed by atoms with E-state index in [9.17, 15) is 24.5 Å². The summed E-state index contributed by atoms with van der Waals surface area (Å²) in [6.07, 6.45) is 0. The molecule has 0 saturated heterocycles. The van der Waals surface area contributed by atoms with E-state index in [1.807, 2.05) is 0 Å². The highest BCUT2D eigenvalue weighted by Crippen LogP contribution is 2.20. The summed E-state index contributed by atoms with van der Waals surface area (Å²) >= 11 is 0. The molecule has 0 aliphatic rings. The molecule has 0 N–H and O–H groups in total. The molecule has 8 heteroatoms. The summed E-state index contributed by atoms with van der Waals surface area (Å²) in [7, 11) is 1.11. The van der Waals surface area contributed by atoms with Crippen LogP contribution in [0.5, 0.6) is 0 Å². The highest BCUT2D eigenvalue weighted by Gasteiger charge is 2.24. The number of nitro groups is 1. The normalized spacial score (nSPS) is 10.8. The monoisotopic (exact) mass is 323 g/mol. The van der Waals surface area contributed by atoms with Crippen molar-refractivity contribution in [2.24, 2.45) is 5.41 Å². The van der Waals surface area contributed by atoms with E-state index >= 15 is 0 Å². The number of Topliss-reactive ketones (excluding diaryl/α,β-unsaturated/α-hetero) is 1. The van der Waals surface area contributed by atoms with Crippen LogP contribution in [0.4, 0.5) is 5.69 Å². The van der Waals surface area contributed by atoms with Crippen LogP contribution in [-0.2, 0) is 14.3 Å². The molecule has 1 aromatic rings. The number of carbonyl (C=O) groups is 3. The fraction of sp³-hybridized carbons (Fsp3) is 0.400. The van der Waals surface area contributed by atoms with Crippen LogP contribution in [0.2, 0.25) is 0 Å². The lowest BCUT2D eigenvalue weighted by Gasteiger charge is -2.16. The molecule has 0 aromatic heterocycles. The maximum Gasteiger partial charge on any atom is 0.338 e. The van der Waals surface area contributed by atoms with Crippen molar-refractivity contribution in [1.82, 2.24) is 0 Å². The van der Waals surface area contributed by atoms with Crippen LogP contribution in [0.15, 0.2) is 18.2 Å². The Morgan fingerprint density at radius 1 is 1.09 bits per heavy atom. The summed E-state index contributed by atoms with van der Waals surface area (Å²) in [5, 5.41) is 10.9. The minimum absolute atomic E-state index is 0.157. The smallest absolute Gasteiger partial charge is 0.338 e. The Morgan fingerprint density at radius 3 is 2.04 bits per heavy atom. The van der Waals surface area contributed by atoms with E-state index in [0.29, 0.717) is 0 Å². The van der Waals surface area contributed by atoms with Gasteiger partial charge in [0.05, 0.1) is 23.2 Å².